The molecule has 0 spiro atoms. The topological polar surface area (TPSA) is 90.2 Å². The first kappa shape index (κ1) is 8.89. The lowest BCUT2D eigenvalue weighted by Gasteiger charge is -2.33. The molecule has 4 N–H and O–H groups in total. The summed E-state index contributed by atoms with van der Waals surface area (Å²) >= 11 is 0. The number of aliphatic hydroxyl groups is 4. The Morgan fingerprint density at radius 2 is 1.82 bits per heavy atom. The van der Waals surface area contributed by atoms with Crippen LogP contribution in [0.3, 0.4) is 0 Å². The van der Waals surface area contributed by atoms with Gasteiger partial charge in [0, 0.05) is 6.42 Å². The van der Waals surface area contributed by atoms with Crippen molar-refractivity contribution in [2.75, 3.05) is 6.61 Å². The standard InChI is InChI=1S/C6H12O5/c7-2-5-3(8)1-4(9)6(10)11-5/h3-10H,1-2H2/t3-,4+,5-,6+/m0/s1. The van der Waals surface area contributed by atoms with Gasteiger partial charge in [-0.25, -0.2) is 0 Å². The van der Waals surface area contributed by atoms with E-state index in [1.807, 2.05) is 0 Å². The monoisotopic (exact) mass is 164 g/mol. The molecule has 0 aromatic carbocycles. The molecule has 1 fully saturated rings. The van der Waals surface area contributed by atoms with E-state index in [9.17, 15) is 0 Å². The molecule has 0 unspecified atom stereocenters. The van der Waals surface area contributed by atoms with Crippen LogP contribution in [0.4, 0.5) is 0 Å². The van der Waals surface area contributed by atoms with Gasteiger partial charge in [-0.15, -0.1) is 0 Å². The lowest BCUT2D eigenvalue weighted by atomic mass is 10.0. The number of rotatable bonds is 1. The molecule has 1 heterocycles. The molecular formula is C6H12O5. The molecule has 5 heteroatoms. The Hall–Kier alpha value is -0.200. The van der Waals surface area contributed by atoms with E-state index < -0.39 is 24.6 Å². The SMILES string of the molecule is OC[C@@H]1O[C@@H](O)[C@H](O)C[C@@H]1O. The Bertz CT molecular complexity index is 128. The first-order valence-corrected chi connectivity index (χ1v) is 3.45. The Morgan fingerprint density at radius 3 is 2.36 bits per heavy atom. The minimum absolute atomic E-state index is 0.0341. The van der Waals surface area contributed by atoms with Crippen molar-refractivity contribution in [2.24, 2.45) is 0 Å². The van der Waals surface area contributed by atoms with Crippen molar-refractivity contribution in [1.82, 2.24) is 0 Å². The quantitative estimate of drug-likeness (QED) is 0.353. The molecule has 4 atom stereocenters. The van der Waals surface area contributed by atoms with E-state index in [4.69, 9.17) is 20.4 Å². The van der Waals surface area contributed by atoms with Gasteiger partial charge in [-0.1, -0.05) is 0 Å². The number of ether oxygens (including phenoxy) is 1. The Labute approximate surface area is 63.8 Å². The minimum atomic E-state index is -1.30. The van der Waals surface area contributed by atoms with Crippen LogP contribution in [0.5, 0.6) is 0 Å². The maximum absolute atomic E-state index is 9.10. The summed E-state index contributed by atoms with van der Waals surface area (Å²) in [7, 11) is 0. The fourth-order valence-corrected chi connectivity index (χ4v) is 1.04. The first-order chi connectivity index (χ1) is 5.15. The molecule has 1 saturated heterocycles. The molecule has 11 heavy (non-hydrogen) atoms. The average Bonchev–Trinajstić information content (AvgIpc) is 1.97. The van der Waals surface area contributed by atoms with Crippen molar-refractivity contribution in [1.29, 1.82) is 0 Å². The Kier molecular flexibility index (Phi) is 2.80. The first-order valence-electron chi connectivity index (χ1n) is 3.45. The Balaban J connectivity index is 2.48. The maximum Gasteiger partial charge on any atom is 0.181 e. The van der Waals surface area contributed by atoms with Crippen molar-refractivity contribution >= 4 is 0 Å². The van der Waals surface area contributed by atoms with Crippen LogP contribution >= 0.6 is 0 Å². The van der Waals surface area contributed by atoms with E-state index in [1.165, 1.54) is 0 Å². The van der Waals surface area contributed by atoms with Gasteiger partial charge in [0.2, 0.25) is 0 Å². The largest absolute Gasteiger partial charge is 0.394 e. The van der Waals surface area contributed by atoms with Crippen molar-refractivity contribution in [2.45, 2.75) is 31.0 Å². The van der Waals surface area contributed by atoms with Gasteiger partial charge < -0.3 is 25.2 Å². The summed E-state index contributed by atoms with van der Waals surface area (Å²) in [5.41, 5.74) is 0. The molecule has 1 aliphatic heterocycles. The van der Waals surface area contributed by atoms with Crippen LogP contribution in [-0.2, 0) is 4.74 Å². The van der Waals surface area contributed by atoms with E-state index >= 15 is 0 Å². The predicted octanol–water partition coefficient (Wildman–Crippen LogP) is -2.19. The summed E-state index contributed by atoms with van der Waals surface area (Å²) in [5, 5.41) is 35.5. The molecule has 0 aliphatic carbocycles. The Morgan fingerprint density at radius 1 is 1.18 bits per heavy atom. The normalized spacial score (nSPS) is 45.8. The van der Waals surface area contributed by atoms with Gasteiger partial charge in [-0.3, -0.25) is 0 Å². The van der Waals surface area contributed by atoms with E-state index in [1.54, 1.807) is 0 Å². The third-order valence-electron chi connectivity index (χ3n) is 1.74. The molecule has 0 amide bonds. The van der Waals surface area contributed by atoms with Gasteiger partial charge in [0.15, 0.2) is 6.29 Å². The summed E-state index contributed by atoms with van der Waals surface area (Å²) in [6, 6.07) is 0. The maximum atomic E-state index is 9.10. The second kappa shape index (κ2) is 3.46. The van der Waals surface area contributed by atoms with Gasteiger partial charge in [0.1, 0.15) is 12.2 Å². The highest BCUT2D eigenvalue weighted by Crippen LogP contribution is 2.18. The summed E-state index contributed by atoms with van der Waals surface area (Å²) in [5.74, 6) is 0. The number of hydrogen-bond acceptors (Lipinski definition) is 5. The predicted molar refractivity (Wildman–Crippen MR) is 34.6 cm³/mol. The van der Waals surface area contributed by atoms with Gasteiger partial charge >= 0.3 is 0 Å². The molecule has 66 valence electrons. The number of hydrogen-bond donors (Lipinski definition) is 4. The molecule has 0 radical (unpaired) electrons. The highest BCUT2D eigenvalue weighted by atomic mass is 16.6. The van der Waals surface area contributed by atoms with Crippen molar-refractivity contribution in [3.05, 3.63) is 0 Å². The minimum Gasteiger partial charge on any atom is -0.394 e. The molecule has 5 nitrogen and oxygen atoms in total. The zero-order chi connectivity index (χ0) is 8.43. The smallest absolute Gasteiger partial charge is 0.181 e. The van der Waals surface area contributed by atoms with Gasteiger partial charge in [0.25, 0.3) is 0 Å². The zero-order valence-corrected chi connectivity index (χ0v) is 5.92. The molecule has 0 aromatic rings. The van der Waals surface area contributed by atoms with Crippen molar-refractivity contribution < 1.29 is 25.2 Å². The molecular weight excluding hydrogens is 152 g/mol. The van der Waals surface area contributed by atoms with Crippen LogP contribution in [0.2, 0.25) is 0 Å². The van der Waals surface area contributed by atoms with Crippen LogP contribution in [0.25, 0.3) is 0 Å². The van der Waals surface area contributed by atoms with Gasteiger partial charge in [0.05, 0.1) is 12.7 Å². The lowest BCUT2D eigenvalue weighted by molar-refractivity contribution is -0.251. The molecule has 0 bridgehead atoms. The second-order valence-electron chi connectivity index (χ2n) is 2.62. The van der Waals surface area contributed by atoms with Crippen LogP contribution in [0.15, 0.2) is 0 Å². The average molecular weight is 164 g/mol. The third kappa shape index (κ3) is 1.88. The van der Waals surface area contributed by atoms with Crippen LogP contribution in [-0.4, -0.2) is 51.6 Å². The van der Waals surface area contributed by atoms with Crippen LogP contribution in [0, 0.1) is 0 Å². The highest BCUT2D eigenvalue weighted by Gasteiger charge is 2.34. The van der Waals surface area contributed by atoms with E-state index in [2.05, 4.69) is 4.74 Å². The summed E-state index contributed by atoms with van der Waals surface area (Å²) in [6.45, 7) is -0.356. The fourth-order valence-electron chi connectivity index (χ4n) is 1.04. The van der Waals surface area contributed by atoms with E-state index in [0.717, 1.165) is 0 Å². The van der Waals surface area contributed by atoms with Crippen molar-refractivity contribution in [3.63, 3.8) is 0 Å². The second-order valence-corrected chi connectivity index (χ2v) is 2.62. The number of aliphatic hydroxyl groups excluding tert-OH is 4. The third-order valence-corrected chi connectivity index (χ3v) is 1.74. The lowest BCUT2D eigenvalue weighted by Crippen LogP contribution is -2.48. The molecule has 1 aliphatic rings. The summed E-state index contributed by atoms with van der Waals surface area (Å²) < 4.78 is 4.67. The van der Waals surface area contributed by atoms with Gasteiger partial charge in [-0.2, -0.15) is 0 Å². The summed E-state index contributed by atoms with van der Waals surface area (Å²) in [4.78, 5) is 0. The fraction of sp³-hybridized carbons (Fsp3) is 1.00. The molecule has 1 rings (SSSR count). The van der Waals surface area contributed by atoms with Crippen LogP contribution < -0.4 is 0 Å². The molecule has 0 aromatic heterocycles. The zero-order valence-electron chi connectivity index (χ0n) is 5.92. The molecule has 0 saturated carbocycles. The van der Waals surface area contributed by atoms with E-state index in [-0.39, 0.29) is 13.0 Å². The highest BCUT2D eigenvalue weighted by molar-refractivity contribution is 4.79. The van der Waals surface area contributed by atoms with E-state index in [0.29, 0.717) is 0 Å². The van der Waals surface area contributed by atoms with Crippen LogP contribution in [0.1, 0.15) is 6.42 Å². The van der Waals surface area contributed by atoms with Crippen molar-refractivity contribution in [3.8, 4) is 0 Å². The van der Waals surface area contributed by atoms with Gasteiger partial charge in [-0.05, 0) is 0 Å². The summed E-state index contributed by atoms with van der Waals surface area (Å²) in [6.07, 6.45) is -4.01.